The number of amides is 1. The first-order chi connectivity index (χ1) is 14.3. The molecule has 0 radical (unpaired) electrons. The minimum atomic E-state index is -4.03. The molecule has 0 N–H and O–H groups in total. The van der Waals surface area contributed by atoms with Crippen molar-refractivity contribution in [3.8, 4) is 0 Å². The van der Waals surface area contributed by atoms with Crippen LogP contribution in [0.3, 0.4) is 0 Å². The van der Waals surface area contributed by atoms with Gasteiger partial charge in [-0.3, -0.25) is 9.10 Å². The fourth-order valence-electron chi connectivity index (χ4n) is 2.67. The van der Waals surface area contributed by atoms with Crippen molar-refractivity contribution in [2.45, 2.75) is 4.90 Å². The first-order valence-electron chi connectivity index (χ1n) is 9.12. The molecule has 8 heteroatoms. The highest BCUT2D eigenvalue weighted by atomic mass is 32.2. The van der Waals surface area contributed by atoms with Crippen LogP contribution < -0.4 is 4.31 Å². The van der Waals surface area contributed by atoms with Gasteiger partial charge in [-0.05, 0) is 24.3 Å². The van der Waals surface area contributed by atoms with Crippen LogP contribution in [-0.4, -0.2) is 51.9 Å². The molecule has 2 rings (SSSR count). The number of hydrogen-bond donors (Lipinski definition) is 0. The van der Waals surface area contributed by atoms with E-state index in [4.69, 9.17) is 4.74 Å². The Morgan fingerprint density at radius 3 is 2.13 bits per heavy atom. The quantitative estimate of drug-likeness (QED) is 0.429. The zero-order valence-corrected chi connectivity index (χ0v) is 17.5. The number of carbonyl (C=O) groups excluding carboxylic acids is 2. The van der Waals surface area contributed by atoms with Crippen LogP contribution in [0, 0.1) is 0 Å². The van der Waals surface area contributed by atoms with E-state index in [1.807, 2.05) is 0 Å². The summed E-state index contributed by atoms with van der Waals surface area (Å²) in [4.78, 5) is 26.1. The van der Waals surface area contributed by atoms with Crippen LogP contribution in [0.15, 0.2) is 84.8 Å². The molecule has 158 valence electrons. The standard InChI is InChI=1S/C22H24N2O5S/c1-4-15-24(16-5-2)21(25)17-29-22(26)19-13-9-10-14-20(19)30(27,28)23(3)18-11-7-6-8-12-18/h4-14H,1-2,15-17H2,3H3. The third kappa shape index (κ3) is 5.36. The molecule has 0 spiro atoms. The summed E-state index contributed by atoms with van der Waals surface area (Å²) in [5, 5.41) is 0. The van der Waals surface area contributed by atoms with E-state index in [0.29, 0.717) is 5.69 Å². The minimum absolute atomic E-state index is 0.146. The number of rotatable bonds is 10. The van der Waals surface area contributed by atoms with E-state index in [0.717, 1.165) is 4.31 Å². The molecule has 0 fully saturated rings. The van der Waals surface area contributed by atoms with Gasteiger partial charge in [0.2, 0.25) is 0 Å². The maximum Gasteiger partial charge on any atom is 0.340 e. The third-order valence-electron chi connectivity index (χ3n) is 4.24. The normalized spacial score (nSPS) is 10.7. The molecule has 0 aromatic heterocycles. The topological polar surface area (TPSA) is 84.0 Å². The lowest BCUT2D eigenvalue weighted by molar-refractivity contribution is -0.133. The lowest BCUT2D eigenvalue weighted by atomic mass is 10.2. The van der Waals surface area contributed by atoms with Gasteiger partial charge in [0, 0.05) is 20.1 Å². The number of benzene rings is 2. The predicted octanol–water partition coefficient (Wildman–Crippen LogP) is 2.87. The molecule has 2 aromatic rings. The van der Waals surface area contributed by atoms with Gasteiger partial charge in [0.15, 0.2) is 6.61 Å². The zero-order chi connectivity index (χ0) is 22.1. The lowest BCUT2D eigenvalue weighted by Gasteiger charge is -2.21. The van der Waals surface area contributed by atoms with E-state index in [1.165, 1.54) is 36.2 Å². The number of ether oxygens (including phenoxy) is 1. The number of sulfonamides is 1. The smallest absolute Gasteiger partial charge is 0.340 e. The Morgan fingerprint density at radius 2 is 1.53 bits per heavy atom. The maximum atomic E-state index is 13.1. The number of para-hydroxylation sites is 1. The molecule has 0 unspecified atom stereocenters. The summed E-state index contributed by atoms with van der Waals surface area (Å²) in [5.41, 5.74) is 0.299. The number of anilines is 1. The molecule has 0 aliphatic carbocycles. The fourth-order valence-corrected chi connectivity index (χ4v) is 4.04. The van der Waals surface area contributed by atoms with Crippen molar-refractivity contribution < 1.29 is 22.7 Å². The molecule has 0 bridgehead atoms. The molecule has 0 atom stereocenters. The molecule has 0 heterocycles. The Labute approximate surface area is 176 Å². The number of esters is 1. The van der Waals surface area contributed by atoms with Crippen molar-refractivity contribution in [1.29, 1.82) is 0 Å². The molecule has 0 saturated heterocycles. The highest BCUT2D eigenvalue weighted by molar-refractivity contribution is 7.92. The van der Waals surface area contributed by atoms with Gasteiger partial charge in [0.05, 0.1) is 11.3 Å². The summed E-state index contributed by atoms with van der Waals surface area (Å²) in [7, 11) is -2.63. The predicted molar refractivity (Wildman–Crippen MR) is 116 cm³/mol. The Bertz CT molecular complexity index is 1010. The van der Waals surface area contributed by atoms with Crippen LogP contribution in [0.5, 0.6) is 0 Å². The second-order valence-electron chi connectivity index (χ2n) is 6.26. The Kier molecular flexibility index (Phi) is 7.94. The van der Waals surface area contributed by atoms with Crippen LogP contribution in [0.2, 0.25) is 0 Å². The lowest BCUT2D eigenvalue weighted by Crippen LogP contribution is -2.35. The summed E-state index contributed by atoms with van der Waals surface area (Å²) in [6, 6.07) is 14.2. The third-order valence-corrected chi connectivity index (χ3v) is 6.09. The van der Waals surface area contributed by atoms with Crippen LogP contribution in [0.25, 0.3) is 0 Å². The van der Waals surface area contributed by atoms with Crippen molar-refractivity contribution in [3.05, 3.63) is 85.5 Å². The van der Waals surface area contributed by atoms with Crippen LogP contribution in [-0.2, 0) is 19.6 Å². The van der Waals surface area contributed by atoms with Gasteiger partial charge in [-0.25, -0.2) is 13.2 Å². The van der Waals surface area contributed by atoms with E-state index in [-0.39, 0.29) is 23.5 Å². The molecule has 1 amide bonds. The summed E-state index contributed by atoms with van der Waals surface area (Å²) in [6.07, 6.45) is 3.09. The summed E-state index contributed by atoms with van der Waals surface area (Å²) in [5.74, 6) is -1.34. The van der Waals surface area contributed by atoms with E-state index in [2.05, 4.69) is 13.2 Å². The molecular formula is C22H24N2O5S. The fraction of sp³-hybridized carbons (Fsp3) is 0.182. The monoisotopic (exact) mass is 428 g/mol. The SMILES string of the molecule is C=CCN(CC=C)C(=O)COC(=O)c1ccccc1S(=O)(=O)N(C)c1ccccc1. The first kappa shape index (κ1) is 22.9. The van der Waals surface area contributed by atoms with Gasteiger partial charge >= 0.3 is 5.97 Å². The van der Waals surface area contributed by atoms with Crippen LogP contribution in [0.4, 0.5) is 5.69 Å². The van der Waals surface area contributed by atoms with Gasteiger partial charge in [0.25, 0.3) is 15.9 Å². The largest absolute Gasteiger partial charge is 0.452 e. The Morgan fingerprint density at radius 1 is 0.967 bits per heavy atom. The van der Waals surface area contributed by atoms with Crippen LogP contribution >= 0.6 is 0 Å². The first-order valence-corrected chi connectivity index (χ1v) is 10.6. The van der Waals surface area contributed by atoms with Gasteiger partial charge in [-0.1, -0.05) is 42.5 Å². The van der Waals surface area contributed by atoms with E-state index < -0.39 is 28.5 Å². The van der Waals surface area contributed by atoms with Crippen molar-refractivity contribution in [3.63, 3.8) is 0 Å². The summed E-state index contributed by atoms with van der Waals surface area (Å²) < 4.78 is 32.4. The second kappa shape index (κ2) is 10.4. The Balaban J connectivity index is 2.23. The zero-order valence-electron chi connectivity index (χ0n) is 16.7. The molecule has 0 aliphatic heterocycles. The van der Waals surface area contributed by atoms with Crippen molar-refractivity contribution >= 4 is 27.6 Å². The van der Waals surface area contributed by atoms with Crippen molar-refractivity contribution in [2.24, 2.45) is 0 Å². The van der Waals surface area contributed by atoms with Gasteiger partial charge < -0.3 is 9.64 Å². The highest BCUT2D eigenvalue weighted by Crippen LogP contribution is 2.24. The van der Waals surface area contributed by atoms with Crippen molar-refractivity contribution in [2.75, 3.05) is 31.0 Å². The minimum Gasteiger partial charge on any atom is -0.452 e. The van der Waals surface area contributed by atoms with E-state index >= 15 is 0 Å². The Hall–Kier alpha value is -3.39. The second-order valence-corrected chi connectivity index (χ2v) is 8.19. The number of nitrogens with zero attached hydrogens (tertiary/aromatic N) is 2. The average Bonchev–Trinajstić information content (AvgIpc) is 2.77. The van der Waals surface area contributed by atoms with E-state index in [9.17, 15) is 18.0 Å². The van der Waals surface area contributed by atoms with E-state index in [1.54, 1.807) is 42.5 Å². The summed E-state index contributed by atoms with van der Waals surface area (Å²) in [6.45, 7) is 7.18. The van der Waals surface area contributed by atoms with Gasteiger partial charge in [0.1, 0.15) is 4.90 Å². The molecule has 7 nitrogen and oxygen atoms in total. The molecule has 2 aromatic carbocycles. The molecule has 0 aliphatic rings. The number of hydrogen-bond acceptors (Lipinski definition) is 5. The summed E-state index contributed by atoms with van der Waals surface area (Å²) >= 11 is 0. The van der Waals surface area contributed by atoms with Gasteiger partial charge in [-0.2, -0.15) is 0 Å². The van der Waals surface area contributed by atoms with Crippen LogP contribution in [0.1, 0.15) is 10.4 Å². The molecule has 0 saturated carbocycles. The van der Waals surface area contributed by atoms with Crippen molar-refractivity contribution in [1.82, 2.24) is 4.90 Å². The number of carbonyl (C=O) groups is 2. The highest BCUT2D eigenvalue weighted by Gasteiger charge is 2.28. The maximum absolute atomic E-state index is 13.1. The average molecular weight is 429 g/mol. The molecular weight excluding hydrogens is 404 g/mol. The molecule has 30 heavy (non-hydrogen) atoms. The van der Waals surface area contributed by atoms with Gasteiger partial charge in [-0.15, -0.1) is 13.2 Å².